The standard InChI is InChI=1S/C22H31N5O4S/c1-17(2)32(29,30)26-14-12-25(13-15-26)19-16-24-27(20-10-6-7-11-23-20)22(28)21(19)31-18-8-4-3-5-9-18/h6-7,10-11,16-18H,3-5,8-9,12-15H2,1-2H3. The summed E-state index contributed by atoms with van der Waals surface area (Å²) in [6, 6.07) is 5.32. The fourth-order valence-electron chi connectivity index (χ4n) is 4.24. The molecule has 0 unspecified atom stereocenters. The molecule has 4 rings (SSSR count). The van der Waals surface area contributed by atoms with Crippen LogP contribution in [0.3, 0.4) is 0 Å². The molecule has 174 valence electrons. The second kappa shape index (κ2) is 9.58. The van der Waals surface area contributed by atoms with Gasteiger partial charge in [-0.25, -0.2) is 13.4 Å². The van der Waals surface area contributed by atoms with Crippen molar-refractivity contribution in [2.24, 2.45) is 0 Å². The molecule has 2 aromatic heterocycles. The van der Waals surface area contributed by atoms with Crippen LogP contribution in [0.4, 0.5) is 5.69 Å². The Balaban J connectivity index is 1.64. The molecule has 1 saturated heterocycles. The number of pyridine rings is 1. The normalized spacial score (nSPS) is 18.8. The van der Waals surface area contributed by atoms with Crippen molar-refractivity contribution in [1.82, 2.24) is 19.1 Å². The van der Waals surface area contributed by atoms with E-state index in [1.807, 2.05) is 4.90 Å². The van der Waals surface area contributed by atoms with Gasteiger partial charge in [0.15, 0.2) is 5.82 Å². The van der Waals surface area contributed by atoms with Crippen molar-refractivity contribution >= 4 is 15.7 Å². The van der Waals surface area contributed by atoms with E-state index in [2.05, 4.69) is 10.1 Å². The van der Waals surface area contributed by atoms with Gasteiger partial charge in [-0.3, -0.25) is 4.79 Å². The third kappa shape index (κ3) is 4.66. The predicted molar refractivity (Wildman–Crippen MR) is 123 cm³/mol. The van der Waals surface area contributed by atoms with Crippen LogP contribution >= 0.6 is 0 Å². The molecule has 2 fully saturated rings. The Kier molecular flexibility index (Phi) is 6.80. The molecule has 0 spiro atoms. The van der Waals surface area contributed by atoms with Crippen LogP contribution in [0.25, 0.3) is 5.82 Å². The van der Waals surface area contributed by atoms with E-state index in [0.29, 0.717) is 37.7 Å². The Morgan fingerprint density at radius 2 is 1.78 bits per heavy atom. The van der Waals surface area contributed by atoms with Gasteiger partial charge in [0.05, 0.1) is 17.6 Å². The Morgan fingerprint density at radius 1 is 1.06 bits per heavy atom. The summed E-state index contributed by atoms with van der Waals surface area (Å²) in [5.41, 5.74) is 0.276. The molecule has 0 bridgehead atoms. The summed E-state index contributed by atoms with van der Waals surface area (Å²) in [6.45, 7) is 5.07. The quantitative estimate of drug-likeness (QED) is 0.650. The first-order valence-electron chi connectivity index (χ1n) is 11.3. The van der Waals surface area contributed by atoms with Crippen LogP contribution in [0.1, 0.15) is 46.0 Å². The summed E-state index contributed by atoms with van der Waals surface area (Å²) < 4.78 is 34.1. The third-order valence-corrected chi connectivity index (χ3v) is 8.43. The van der Waals surface area contributed by atoms with Gasteiger partial charge >= 0.3 is 5.56 Å². The lowest BCUT2D eigenvalue weighted by molar-refractivity contribution is 0.152. The second-order valence-corrected chi connectivity index (χ2v) is 11.1. The summed E-state index contributed by atoms with van der Waals surface area (Å²) in [4.78, 5) is 19.7. The Bertz CT molecular complexity index is 1070. The van der Waals surface area contributed by atoms with E-state index in [0.717, 1.165) is 25.7 Å². The van der Waals surface area contributed by atoms with E-state index < -0.39 is 15.3 Å². The van der Waals surface area contributed by atoms with E-state index >= 15 is 0 Å². The molecule has 9 nitrogen and oxygen atoms in total. The average molecular weight is 462 g/mol. The highest BCUT2D eigenvalue weighted by Crippen LogP contribution is 2.30. The number of sulfonamides is 1. The fraction of sp³-hybridized carbons (Fsp3) is 0.591. The van der Waals surface area contributed by atoms with Gasteiger partial charge < -0.3 is 9.64 Å². The Hall–Kier alpha value is -2.46. The smallest absolute Gasteiger partial charge is 0.317 e. The number of piperazine rings is 1. The average Bonchev–Trinajstić information content (AvgIpc) is 2.81. The Morgan fingerprint density at radius 3 is 2.41 bits per heavy atom. The minimum absolute atomic E-state index is 0.00242. The minimum atomic E-state index is -3.30. The predicted octanol–water partition coefficient (Wildman–Crippen LogP) is 2.20. The van der Waals surface area contributed by atoms with Gasteiger partial charge in [0, 0.05) is 32.4 Å². The topological polar surface area (TPSA) is 97.6 Å². The van der Waals surface area contributed by atoms with Crippen molar-refractivity contribution in [2.45, 2.75) is 57.3 Å². The molecule has 1 aliphatic heterocycles. The monoisotopic (exact) mass is 461 g/mol. The molecule has 0 radical (unpaired) electrons. The lowest BCUT2D eigenvalue weighted by Crippen LogP contribution is -2.50. The molecule has 0 aromatic carbocycles. The first kappa shape index (κ1) is 22.7. The third-order valence-electron chi connectivity index (χ3n) is 6.15. The zero-order valence-corrected chi connectivity index (χ0v) is 19.5. The zero-order chi connectivity index (χ0) is 22.7. The first-order valence-corrected chi connectivity index (χ1v) is 12.8. The van der Waals surface area contributed by atoms with Crippen LogP contribution in [-0.2, 0) is 10.0 Å². The fourth-order valence-corrected chi connectivity index (χ4v) is 5.51. The molecule has 3 heterocycles. The molecular formula is C22H31N5O4S. The van der Waals surface area contributed by atoms with E-state index in [1.165, 1.54) is 15.4 Å². The number of hydrogen-bond donors (Lipinski definition) is 0. The van der Waals surface area contributed by atoms with E-state index in [4.69, 9.17) is 4.74 Å². The molecule has 2 aliphatic rings. The van der Waals surface area contributed by atoms with Crippen molar-refractivity contribution in [3.63, 3.8) is 0 Å². The van der Waals surface area contributed by atoms with Crippen LogP contribution < -0.4 is 15.2 Å². The van der Waals surface area contributed by atoms with Crippen LogP contribution in [-0.4, -0.2) is 65.0 Å². The zero-order valence-electron chi connectivity index (χ0n) is 18.7. The summed E-state index contributed by atoms with van der Waals surface area (Å²) in [5, 5.41) is 3.91. The van der Waals surface area contributed by atoms with Crippen molar-refractivity contribution in [2.75, 3.05) is 31.1 Å². The van der Waals surface area contributed by atoms with Crippen LogP contribution in [0.5, 0.6) is 5.75 Å². The molecule has 2 aromatic rings. The summed E-state index contributed by atoms with van der Waals surface area (Å²) in [6.07, 6.45) is 8.46. The Labute approximate surface area is 189 Å². The number of ether oxygens (including phenoxy) is 1. The van der Waals surface area contributed by atoms with E-state index in [1.54, 1.807) is 44.4 Å². The van der Waals surface area contributed by atoms with Gasteiger partial charge in [0.2, 0.25) is 15.8 Å². The van der Waals surface area contributed by atoms with Crippen molar-refractivity contribution < 1.29 is 13.2 Å². The van der Waals surface area contributed by atoms with E-state index in [-0.39, 0.29) is 17.4 Å². The molecular weight excluding hydrogens is 430 g/mol. The number of nitrogens with zero attached hydrogens (tertiary/aromatic N) is 5. The second-order valence-electron chi connectivity index (χ2n) is 8.62. The summed E-state index contributed by atoms with van der Waals surface area (Å²) >= 11 is 0. The maximum atomic E-state index is 13.4. The van der Waals surface area contributed by atoms with Gasteiger partial charge in [0.1, 0.15) is 5.69 Å². The maximum absolute atomic E-state index is 13.4. The van der Waals surface area contributed by atoms with Gasteiger partial charge in [-0.05, 0) is 51.7 Å². The number of rotatable bonds is 6. The molecule has 1 aliphatic carbocycles. The first-order chi connectivity index (χ1) is 15.4. The van der Waals surface area contributed by atoms with Gasteiger partial charge in [0.25, 0.3) is 0 Å². The van der Waals surface area contributed by atoms with Crippen molar-refractivity contribution in [1.29, 1.82) is 0 Å². The van der Waals surface area contributed by atoms with Crippen molar-refractivity contribution in [3.05, 3.63) is 40.9 Å². The van der Waals surface area contributed by atoms with Crippen molar-refractivity contribution in [3.8, 4) is 11.6 Å². The number of aromatic nitrogens is 3. The van der Waals surface area contributed by atoms with Gasteiger partial charge in [-0.1, -0.05) is 12.5 Å². The van der Waals surface area contributed by atoms with E-state index in [9.17, 15) is 13.2 Å². The lowest BCUT2D eigenvalue weighted by atomic mass is 9.98. The number of anilines is 1. The molecule has 0 N–H and O–H groups in total. The SMILES string of the molecule is CC(C)S(=O)(=O)N1CCN(c2cnn(-c3ccccn3)c(=O)c2OC2CCCCC2)CC1. The van der Waals surface area contributed by atoms with Gasteiger partial charge in [-0.2, -0.15) is 14.1 Å². The highest BCUT2D eigenvalue weighted by molar-refractivity contribution is 7.89. The largest absolute Gasteiger partial charge is 0.483 e. The highest BCUT2D eigenvalue weighted by atomic mass is 32.2. The summed E-state index contributed by atoms with van der Waals surface area (Å²) in [5.74, 6) is 0.711. The minimum Gasteiger partial charge on any atom is -0.483 e. The molecule has 0 atom stereocenters. The molecule has 1 saturated carbocycles. The maximum Gasteiger partial charge on any atom is 0.317 e. The lowest BCUT2D eigenvalue weighted by Gasteiger charge is -2.36. The molecule has 32 heavy (non-hydrogen) atoms. The number of hydrogen-bond acceptors (Lipinski definition) is 7. The van der Waals surface area contributed by atoms with Crippen LogP contribution in [0, 0.1) is 0 Å². The van der Waals surface area contributed by atoms with Crippen LogP contribution in [0.15, 0.2) is 35.4 Å². The molecule has 10 heteroatoms. The van der Waals surface area contributed by atoms with Gasteiger partial charge in [-0.15, -0.1) is 0 Å². The highest BCUT2D eigenvalue weighted by Gasteiger charge is 2.31. The summed E-state index contributed by atoms with van der Waals surface area (Å²) in [7, 11) is -3.30. The molecule has 0 amide bonds. The van der Waals surface area contributed by atoms with Crippen LogP contribution in [0.2, 0.25) is 0 Å².